The van der Waals surface area contributed by atoms with E-state index in [0.717, 1.165) is 29.2 Å². The van der Waals surface area contributed by atoms with E-state index in [0.29, 0.717) is 17.3 Å². The maximum Gasteiger partial charge on any atom is 0.226 e. The van der Waals surface area contributed by atoms with E-state index >= 15 is 0 Å². The molecular formula is C30H30FN5OS. The minimum Gasteiger partial charge on any atom is -0.352 e. The van der Waals surface area contributed by atoms with E-state index in [-0.39, 0.29) is 30.2 Å². The predicted octanol–water partition coefficient (Wildman–Crippen LogP) is 5.69. The Balaban J connectivity index is 1.42. The lowest BCUT2D eigenvalue weighted by Gasteiger charge is -2.28. The zero-order valence-corrected chi connectivity index (χ0v) is 22.2. The number of nitrogens with one attached hydrogen (secondary N) is 2. The molecule has 1 aliphatic rings. The lowest BCUT2D eigenvalue weighted by atomic mass is 9.96. The van der Waals surface area contributed by atoms with Gasteiger partial charge in [0.15, 0.2) is 5.11 Å². The molecule has 8 heteroatoms. The van der Waals surface area contributed by atoms with Crippen molar-refractivity contribution in [3.05, 3.63) is 119 Å². The molecule has 5 rings (SSSR count). The van der Waals surface area contributed by atoms with Crippen LogP contribution in [0.4, 0.5) is 10.1 Å². The van der Waals surface area contributed by atoms with Crippen LogP contribution in [0.1, 0.15) is 46.7 Å². The highest BCUT2D eigenvalue weighted by Gasteiger charge is 2.41. The lowest BCUT2D eigenvalue weighted by Crippen LogP contribution is -2.33. The highest BCUT2D eigenvalue weighted by Crippen LogP contribution is 2.41. The Hall–Kier alpha value is -4.04. The minimum absolute atomic E-state index is 0.133. The highest BCUT2D eigenvalue weighted by molar-refractivity contribution is 7.80. The van der Waals surface area contributed by atoms with Crippen LogP contribution in [-0.2, 0) is 11.3 Å². The van der Waals surface area contributed by atoms with E-state index in [1.807, 2.05) is 24.3 Å². The van der Waals surface area contributed by atoms with Gasteiger partial charge in [0.05, 0.1) is 17.8 Å². The number of rotatable bonds is 8. The van der Waals surface area contributed by atoms with E-state index in [9.17, 15) is 9.18 Å². The second kappa shape index (κ2) is 11.1. The number of amides is 1. The number of nitrogens with zero attached hydrogens (tertiary/aromatic N) is 3. The topological polar surface area (TPSA) is 62.2 Å². The number of anilines is 1. The van der Waals surface area contributed by atoms with Gasteiger partial charge in [-0.3, -0.25) is 9.78 Å². The average molecular weight is 528 g/mol. The molecule has 6 nitrogen and oxygen atoms in total. The first-order chi connectivity index (χ1) is 18.4. The van der Waals surface area contributed by atoms with E-state index in [1.54, 1.807) is 18.3 Å². The zero-order valence-electron chi connectivity index (χ0n) is 21.4. The molecule has 0 aliphatic carbocycles. The fourth-order valence-corrected chi connectivity index (χ4v) is 5.43. The third-order valence-corrected chi connectivity index (χ3v) is 7.37. The number of hydrogen-bond donors (Lipinski definition) is 2. The number of aromatic nitrogens is 2. The molecule has 2 aromatic heterocycles. The molecule has 0 bridgehead atoms. The van der Waals surface area contributed by atoms with Crippen molar-refractivity contribution in [1.29, 1.82) is 0 Å². The van der Waals surface area contributed by atoms with Crippen LogP contribution in [0.2, 0.25) is 0 Å². The van der Waals surface area contributed by atoms with Crippen molar-refractivity contribution in [2.75, 3.05) is 11.9 Å². The Morgan fingerprint density at radius 1 is 1.05 bits per heavy atom. The molecule has 1 aliphatic heterocycles. The molecule has 38 heavy (non-hydrogen) atoms. The second-order valence-electron chi connectivity index (χ2n) is 9.52. The van der Waals surface area contributed by atoms with Crippen LogP contribution in [0, 0.1) is 19.7 Å². The van der Waals surface area contributed by atoms with Gasteiger partial charge >= 0.3 is 0 Å². The second-order valence-corrected chi connectivity index (χ2v) is 9.91. The lowest BCUT2D eigenvalue weighted by molar-refractivity contribution is -0.116. The van der Waals surface area contributed by atoms with E-state index < -0.39 is 0 Å². The number of halogens is 1. The van der Waals surface area contributed by atoms with Crippen molar-refractivity contribution in [3.63, 3.8) is 0 Å². The van der Waals surface area contributed by atoms with Gasteiger partial charge in [-0.15, -0.1) is 0 Å². The molecule has 194 valence electrons. The van der Waals surface area contributed by atoms with E-state index in [1.165, 1.54) is 17.7 Å². The summed E-state index contributed by atoms with van der Waals surface area (Å²) in [5.41, 5.74) is 6.16. The van der Waals surface area contributed by atoms with Crippen LogP contribution in [-0.4, -0.2) is 32.0 Å². The molecule has 3 heterocycles. The Kier molecular flexibility index (Phi) is 7.51. The number of thiocarbonyl (C=S) groups is 1. The summed E-state index contributed by atoms with van der Waals surface area (Å²) in [6.45, 7) is 5.46. The molecule has 0 saturated carbocycles. The monoisotopic (exact) mass is 527 g/mol. The quantitative estimate of drug-likeness (QED) is 0.288. The van der Waals surface area contributed by atoms with Crippen molar-refractivity contribution < 1.29 is 9.18 Å². The summed E-state index contributed by atoms with van der Waals surface area (Å²) in [5.74, 6) is -0.501. The van der Waals surface area contributed by atoms with Crippen molar-refractivity contribution in [2.45, 2.75) is 38.9 Å². The molecule has 0 spiro atoms. The molecule has 2 N–H and O–H groups in total. The first-order valence-electron chi connectivity index (χ1n) is 12.6. The maximum absolute atomic E-state index is 13.2. The van der Waals surface area contributed by atoms with E-state index in [4.69, 9.17) is 12.2 Å². The van der Waals surface area contributed by atoms with Gasteiger partial charge in [-0.25, -0.2) is 4.39 Å². The van der Waals surface area contributed by atoms with Gasteiger partial charge in [0.1, 0.15) is 5.82 Å². The first kappa shape index (κ1) is 25.6. The summed E-state index contributed by atoms with van der Waals surface area (Å²) in [5, 5.41) is 6.90. The Bertz CT molecular complexity index is 1420. The summed E-state index contributed by atoms with van der Waals surface area (Å²) in [6.07, 6.45) is 2.02. The van der Waals surface area contributed by atoms with Gasteiger partial charge in [-0.1, -0.05) is 36.4 Å². The highest BCUT2D eigenvalue weighted by atomic mass is 32.1. The SMILES string of the molecule is Cc1cc([C@@H]2[C@H](c3ccccn3)NC(=S)N2CCC(=O)Nc2ccc(F)cc2)c(C)n1Cc1ccccc1. The number of aryl methyl sites for hydroxylation is 1. The molecule has 2 aromatic carbocycles. The van der Waals surface area contributed by atoms with E-state index in [2.05, 4.69) is 69.3 Å². The third kappa shape index (κ3) is 5.45. The van der Waals surface area contributed by atoms with Crippen molar-refractivity contribution in [2.24, 2.45) is 0 Å². The number of carbonyl (C=O) groups is 1. The number of hydrogen-bond acceptors (Lipinski definition) is 3. The predicted molar refractivity (Wildman–Crippen MR) is 151 cm³/mol. The van der Waals surface area contributed by atoms with Crippen LogP contribution < -0.4 is 10.6 Å². The number of benzene rings is 2. The summed E-state index contributed by atoms with van der Waals surface area (Å²) < 4.78 is 15.6. The van der Waals surface area contributed by atoms with Crippen LogP contribution >= 0.6 is 12.2 Å². The summed E-state index contributed by atoms with van der Waals surface area (Å²) >= 11 is 5.79. The van der Waals surface area contributed by atoms with Gasteiger partial charge in [-0.05, 0) is 79.7 Å². The van der Waals surface area contributed by atoms with Crippen LogP contribution in [0.25, 0.3) is 0 Å². The molecule has 0 unspecified atom stereocenters. The normalized spacial score (nSPS) is 16.9. The third-order valence-electron chi connectivity index (χ3n) is 7.02. The summed E-state index contributed by atoms with van der Waals surface area (Å²) in [6, 6.07) is 24.0. The Morgan fingerprint density at radius 3 is 2.50 bits per heavy atom. The molecule has 0 radical (unpaired) electrons. The molecule has 1 amide bonds. The van der Waals surface area contributed by atoms with Crippen LogP contribution in [0.15, 0.2) is 85.1 Å². The van der Waals surface area contributed by atoms with Crippen molar-refractivity contribution in [3.8, 4) is 0 Å². The van der Waals surface area contributed by atoms with Gasteiger partial charge < -0.3 is 20.1 Å². The van der Waals surface area contributed by atoms with Crippen molar-refractivity contribution in [1.82, 2.24) is 19.8 Å². The molecular weight excluding hydrogens is 497 g/mol. The molecule has 1 saturated heterocycles. The molecule has 2 atom stereocenters. The zero-order chi connectivity index (χ0) is 26.6. The fraction of sp³-hybridized carbons (Fsp3) is 0.233. The maximum atomic E-state index is 13.2. The van der Waals surface area contributed by atoms with Gasteiger partial charge in [0.25, 0.3) is 0 Å². The minimum atomic E-state index is -0.343. The number of carbonyl (C=O) groups excluding carboxylic acids is 1. The van der Waals surface area contributed by atoms with Crippen molar-refractivity contribution >= 4 is 28.9 Å². The fourth-order valence-electron chi connectivity index (χ4n) is 5.10. The van der Waals surface area contributed by atoms with Gasteiger partial charge in [0, 0.05) is 42.8 Å². The largest absolute Gasteiger partial charge is 0.352 e. The molecule has 1 fully saturated rings. The van der Waals surface area contributed by atoms with Gasteiger partial charge in [0.2, 0.25) is 5.91 Å². The van der Waals surface area contributed by atoms with Crippen LogP contribution in [0.3, 0.4) is 0 Å². The standard InChI is InChI=1S/C30H30FN5OS/c1-20-18-25(21(2)36(20)19-22-8-4-3-5-9-22)29-28(26-10-6-7-16-32-26)34-30(38)35(29)17-15-27(37)33-24-13-11-23(31)12-14-24/h3-14,16,18,28-29H,15,17,19H2,1-2H3,(H,33,37)(H,34,38)/t28-,29+/m0/s1. The summed E-state index contributed by atoms with van der Waals surface area (Å²) in [4.78, 5) is 19.5. The Labute approximate surface area is 227 Å². The van der Waals surface area contributed by atoms with Crippen LogP contribution in [0.5, 0.6) is 0 Å². The molecule has 4 aromatic rings. The van der Waals surface area contributed by atoms with Gasteiger partial charge in [-0.2, -0.15) is 0 Å². The summed E-state index contributed by atoms with van der Waals surface area (Å²) in [7, 11) is 0. The first-order valence-corrected chi connectivity index (χ1v) is 13.1. The number of pyridine rings is 1. The smallest absolute Gasteiger partial charge is 0.226 e. The Morgan fingerprint density at radius 2 is 1.79 bits per heavy atom. The average Bonchev–Trinajstić information content (AvgIpc) is 3.40.